The fourth-order valence-electron chi connectivity index (χ4n) is 4.04. The third kappa shape index (κ3) is 7.08. The lowest BCUT2D eigenvalue weighted by Crippen LogP contribution is -2.24. The monoisotopic (exact) mass is 509 g/mol. The zero-order valence-electron chi connectivity index (χ0n) is 20.1. The molecule has 1 fully saturated rings. The number of nitrogens with zero attached hydrogens (tertiary/aromatic N) is 1. The molecule has 2 N–H and O–H groups in total. The normalized spacial score (nSPS) is 14.8. The standard InChI is InChI=1S/C27H31N3O3S2/c1-3-33-22-13-9-19(10-14-22)24-17-34-27(29-24)30-25(31)18(2)35-23-15-11-21(12-16-23)28-26(32)20-7-5-4-6-8-20/h9-18,20H,3-8H2,1-2H3,(H,28,32)(H,29,30,31). The number of amides is 2. The van der Waals surface area contributed by atoms with Crippen LogP contribution in [0.15, 0.2) is 58.8 Å². The van der Waals surface area contributed by atoms with E-state index in [2.05, 4.69) is 15.6 Å². The Bertz CT molecular complexity index is 1120. The van der Waals surface area contributed by atoms with Crippen molar-refractivity contribution in [3.8, 4) is 17.0 Å². The van der Waals surface area contributed by atoms with Gasteiger partial charge in [-0.25, -0.2) is 4.98 Å². The van der Waals surface area contributed by atoms with Crippen LogP contribution in [0.4, 0.5) is 10.8 Å². The van der Waals surface area contributed by atoms with Crippen molar-refractivity contribution in [3.63, 3.8) is 0 Å². The van der Waals surface area contributed by atoms with Crippen molar-refractivity contribution < 1.29 is 14.3 Å². The molecule has 1 aliphatic rings. The number of nitrogens with one attached hydrogen (secondary N) is 2. The fraction of sp³-hybridized carbons (Fsp3) is 0.370. The van der Waals surface area contributed by atoms with Crippen molar-refractivity contribution >= 4 is 45.7 Å². The van der Waals surface area contributed by atoms with Crippen molar-refractivity contribution in [1.29, 1.82) is 0 Å². The summed E-state index contributed by atoms with van der Waals surface area (Å²) >= 11 is 2.88. The molecule has 0 spiro atoms. The number of benzene rings is 2. The maximum atomic E-state index is 12.7. The van der Waals surface area contributed by atoms with Gasteiger partial charge in [0, 0.05) is 27.4 Å². The van der Waals surface area contributed by atoms with E-state index < -0.39 is 0 Å². The highest BCUT2D eigenvalue weighted by Crippen LogP contribution is 2.30. The molecule has 3 aromatic rings. The number of hydrogen-bond donors (Lipinski definition) is 2. The number of rotatable bonds is 9. The number of aromatic nitrogens is 1. The topological polar surface area (TPSA) is 80.3 Å². The Hall–Kier alpha value is -2.84. The third-order valence-corrected chi connectivity index (χ3v) is 7.84. The first-order valence-electron chi connectivity index (χ1n) is 12.1. The van der Waals surface area contributed by atoms with Crippen LogP contribution in [-0.4, -0.2) is 28.7 Å². The summed E-state index contributed by atoms with van der Waals surface area (Å²) in [4.78, 5) is 30.7. The highest BCUT2D eigenvalue weighted by Gasteiger charge is 2.21. The Morgan fingerprint density at radius 3 is 2.46 bits per heavy atom. The highest BCUT2D eigenvalue weighted by atomic mass is 32.2. The second kappa shape index (κ2) is 12.2. The molecule has 1 aromatic heterocycles. The summed E-state index contributed by atoms with van der Waals surface area (Å²) in [5, 5.41) is 8.17. The lowest BCUT2D eigenvalue weighted by molar-refractivity contribution is -0.120. The third-order valence-electron chi connectivity index (χ3n) is 5.98. The van der Waals surface area contributed by atoms with Crippen LogP contribution in [0, 0.1) is 5.92 Å². The van der Waals surface area contributed by atoms with Gasteiger partial charge < -0.3 is 15.4 Å². The number of thiazole rings is 1. The van der Waals surface area contributed by atoms with Gasteiger partial charge in [0.2, 0.25) is 11.8 Å². The minimum Gasteiger partial charge on any atom is -0.494 e. The molecule has 0 aliphatic heterocycles. The number of anilines is 2. The minimum atomic E-state index is -0.296. The van der Waals surface area contributed by atoms with E-state index in [1.165, 1.54) is 29.5 Å². The van der Waals surface area contributed by atoms with Crippen LogP contribution in [0.25, 0.3) is 11.3 Å². The molecule has 1 aliphatic carbocycles. The Kier molecular flexibility index (Phi) is 8.82. The second-order valence-electron chi connectivity index (χ2n) is 8.59. The predicted octanol–water partition coefficient (Wildman–Crippen LogP) is 6.85. The van der Waals surface area contributed by atoms with E-state index in [0.29, 0.717) is 11.7 Å². The van der Waals surface area contributed by atoms with Crippen LogP contribution >= 0.6 is 23.1 Å². The van der Waals surface area contributed by atoms with Gasteiger partial charge in [0.15, 0.2) is 5.13 Å². The van der Waals surface area contributed by atoms with Crippen LogP contribution < -0.4 is 15.4 Å². The van der Waals surface area contributed by atoms with Crippen molar-refractivity contribution in [2.45, 2.75) is 56.1 Å². The average Bonchev–Trinajstić information content (AvgIpc) is 3.35. The average molecular weight is 510 g/mol. The molecule has 1 unspecified atom stereocenters. The number of hydrogen-bond acceptors (Lipinski definition) is 6. The molecule has 1 saturated carbocycles. The minimum absolute atomic E-state index is 0.0997. The summed E-state index contributed by atoms with van der Waals surface area (Å²) in [6, 6.07) is 15.5. The zero-order valence-corrected chi connectivity index (χ0v) is 21.7. The molecule has 2 amide bonds. The summed E-state index contributed by atoms with van der Waals surface area (Å²) in [5.41, 5.74) is 2.59. The number of carbonyl (C=O) groups excluding carboxylic acids is 2. The molecule has 35 heavy (non-hydrogen) atoms. The van der Waals surface area contributed by atoms with Crippen LogP contribution in [-0.2, 0) is 9.59 Å². The van der Waals surface area contributed by atoms with Gasteiger partial charge in [-0.1, -0.05) is 19.3 Å². The van der Waals surface area contributed by atoms with E-state index in [0.717, 1.165) is 53.3 Å². The smallest absolute Gasteiger partial charge is 0.239 e. The van der Waals surface area contributed by atoms with Gasteiger partial charge in [-0.2, -0.15) is 0 Å². The van der Waals surface area contributed by atoms with Gasteiger partial charge in [0.05, 0.1) is 17.6 Å². The Morgan fingerprint density at radius 1 is 1.06 bits per heavy atom. The predicted molar refractivity (Wildman–Crippen MR) is 144 cm³/mol. The second-order valence-corrected chi connectivity index (χ2v) is 10.9. The van der Waals surface area contributed by atoms with Crippen LogP contribution in [0.3, 0.4) is 0 Å². The van der Waals surface area contributed by atoms with Crippen molar-refractivity contribution in [2.24, 2.45) is 5.92 Å². The SMILES string of the molecule is CCOc1ccc(-c2csc(NC(=O)C(C)Sc3ccc(NC(=O)C4CCCCC4)cc3)n2)cc1. The molecule has 1 heterocycles. The molecular weight excluding hydrogens is 478 g/mol. The van der Waals surface area contributed by atoms with Crippen LogP contribution in [0.5, 0.6) is 5.75 Å². The summed E-state index contributed by atoms with van der Waals surface area (Å²) < 4.78 is 5.48. The Balaban J connectivity index is 1.28. The number of thioether (sulfide) groups is 1. The summed E-state index contributed by atoms with van der Waals surface area (Å²) in [6.45, 7) is 4.46. The molecule has 1 atom stereocenters. The molecule has 8 heteroatoms. The largest absolute Gasteiger partial charge is 0.494 e. The Labute approximate surface area is 214 Å². The number of ether oxygens (including phenoxy) is 1. The molecule has 0 saturated heterocycles. The lowest BCUT2D eigenvalue weighted by atomic mass is 9.88. The van der Waals surface area contributed by atoms with Crippen LogP contribution in [0.2, 0.25) is 0 Å². The summed E-state index contributed by atoms with van der Waals surface area (Å²) in [6.07, 6.45) is 5.46. The lowest BCUT2D eigenvalue weighted by Gasteiger charge is -2.20. The maximum Gasteiger partial charge on any atom is 0.239 e. The molecule has 4 rings (SSSR count). The van der Waals surface area contributed by atoms with E-state index in [4.69, 9.17) is 4.74 Å². The van der Waals surface area contributed by atoms with Gasteiger partial charge in [0.1, 0.15) is 5.75 Å². The van der Waals surface area contributed by atoms with E-state index >= 15 is 0 Å². The van der Waals surface area contributed by atoms with E-state index in [1.54, 1.807) is 0 Å². The molecule has 6 nitrogen and oxygen atoms in total. The molecule has 2 aromatic carbocycles. The molecule has 184 valence electrons. The van der Waals surface area contributed by atoms with Crippen LogP contribution in [0.1, 0.15) is 46.0 Å². The molecule has 0 bridgehead atoms. The van der Waals surface area contributed by atoms with Crippen molar-refractivity contribution in [2.75, 3.05) is 17.2 Å². The van der Waals surface area contributed by atoms with Gasteiger partial charge in [-0.15, -0.1) is 23.1 Å². The van der Waals surface area contributed by atoms with Crippen molar-refractivity contribution in [1.82, 2.24) is 4.98 Å². The quantitative estimate of drug-likeness (QED) is 0.309. The van der Waals surface area contributed by atoms with E-state index in [1.807, 2.05) is 67.8 Å². The van der Waals surface area contributed by atoms with E-state index in [-0.39, 0.29) is 23.0 Å². The van der Waals surface area contributed by atoms with Crippen molar-refractivity contribution in [3.05, 3.63) is 53.9 Å². The maximum absolute atomic E-state index is 12.7. The van der Waals surface area contributed by atoms with Gasteiger partial charge in [0.25, 0.3) is 0 Å². The van der Waals surface area contributed by atoms with Gasteiger partial charge in [-0.3, -0.25) is 9.59 Å². The first-order chi connectivity index (χ1) is 17.0. The first-order valence-corrected chi connectivity index (χ1v) is 13.8. The summed E-state index contributed by atoms with van der Waals surface area (Å²) in [5.74, 6) is 0.969. The van der Waals surface area contributed by atoms with Gasteiger partial charge >= 0.3 is 0 Å². The molecular formula is C27H31N3O3S2. The van der Waals surface area contributed by atoms with E-state index in [9.17, 15) is 9.59 Å². The molecule has 0 radical (unpaired) electrons. The Morgan fingerprint density at radius 2 is 1.77 bits per heavy atom. The summed E-state index contributed by atoms with van der Waals surface area (Å²) in [7, 11) is 0. The van der Waals surface area contributed by atoms with Gasteiger partial charge in [-0.05, 0) is 75.2 Å². The zero-order chi connectivity index (χ0) is 24.6. The fourth-order valence-corrected chi connectivity index (χ4v) is 5.63. The highest BCUT2D eigenvalue weighted by molar-refractivity contribution is 8.00. The first kappa shape index (κ1) is 25.3. The number of carbonyl (C=O) groups is 2.